The molecular formula is C21H19N5. The van der Waals surface area contributed by atoms with Crippen LogP contribution in [-0.2, 0) is 0 Å². The molecule has 0 saturated carbocycles. The highest BCUT2D eigenvalue weighted by atomic mass is 15.1. The van der Waals surface area contributed by atoms with Gasteiger partial charge in [0.05, 0.1) is 5.52 Å². The second-order valence-corrected chi connectivity index (χ2v) is 6.22. The van der Waals surface area contributed by atoms with E-state index in [-0.39, 0.29) is 0 Å². The monoisotopic (exact) mass is 341 g/mol. The van der Waals surface area contributed by atoms with Crippen LogP contribution in [0.15, 0.2) is 73.1 Å². The summed E-state index contributed by atoms with van der Waals surface area (Å²) in [5.41, 5.74) is 3.99. The Bertz CT molecular complexity index is 1030. The molecule has 0 amide bonds. The van der Waals surface area contributed by atoms with Crippen LogP contribution in [0.1, 0.15) is 0 Å². The summed E-state index contributed by atoms with van der Waals surface area (Å²) in [7, 11) is 4.06. The Hall–Kier alpha value is -3.47. The number of nitrogens with one attached hydrogen (secondary N) is 1. The van der Waals surface area contributed by atoms with E-state index in [0.717, 1.165) is 33.7 Å². The Labute approximate surface area is 152 Å². The number of para-hydroxylation sites is 1. The molecular weight excluding hydrogens is 322 g/mol. The molecule has 0 aliphatic rings. The Morgan fingerprint density at radius 1 is 0.808 bits per heavy atom. The molecule has 128 valence electrons. The third-order valence-corrected chi connectivity index (χ3v) is 4.19. The number of benzene rings is 2. The topological polar surface area (TPSA) is 53.9 Å². The fourth-order valence-electron chi connectivity index (χ4n) is 2.78. The van der Waals surface area contributed by atoms with Gasteiger partial charge in [-0.2, -0.15) is 0 Å². The summed E-state index contributed by atoms with van der Waals surface area (Å²) in [6.07, 6.45) is 3.50. The molecule has 0 saturated heterocycles. The van der Waals surface area contributed by atoms with Gasteiger partial charge in [0.15, 0.2) is 5.82 Å². The quantitative estimate of drug-likeness (QED) is 0.592. The predicted octanol–water partition coefficient (Wildman–Crippen LogP) is 4.50. The van der Waals surface area contributed by atoms with Crippen molar-refractivity contribution in [3.63, 3.8) is 0 Å². The third-order valence-electron chi connectivity index (χ3n) is 4.19. The molecule has 0 radical (unpaired) electrons. The van der Waals surface area contributed by atoms with Gasteiger partial charge in [-0.15, -0.1) is 0 Å². The van der Waals surface area contributed by atoms with Gasteiger partial charge in [0.25, 0.3) is 0 Å². The van der Waals surface area contributed by atoms with Gasteiger partial charge in [-0.05, 0) is 48.5 Å². The molecule has 2 aromatic carbocycles. The molecule has 0 unspecified atom stereocenters. The van der Waals surface area contributed by atoms with Crippen LogP contribution in [-0.4, -0.2) is 29.0 Å². The largest absolute Gasteiger partial charge is 0.378 e. The van der Waals surface area contributed by atoms with Crippen molar-refractivity contribution in [2.75, 3.05) is 24.3 Å². The van der Waals surface area contributed by atoms with Crippen LogP contribution in [0.5, 0.6) is 0 Å². The maximum atomic E-state index is 4.76. The van der Waals surface area contributed by atoms with Gasteiger partial charge in [-0.1, -0.05) is 12.1 Å². The van der Waals surface area contributed by atoms with E-state index in [1.807, 2.05) is 50.5 Å². The average Bonchev–Trinajstić information content (AvgIpc) is 2.69. The Kier molecular flexibility index (Phi) is 4.19. The van der Waals surface area contributed by atoms with E-state index in [2.05, 4.69) is 39.5 Å². The summed E-state index contributed by atoms with van der Waals surface area (Å²) >= 11 is 0. The summed E-state index contributed by atoms with van der Waals surface area (Å²) in [5, 5.41) is 4.43. The van der Waals surface area contributed by atoms with Crippen molar-refractivity contribution in [2.45, 2.75) is 0 Å². The molecule has 0 fully saturated rings. The zero-order valence-electron chi connectivity index (χ0n) is 14.7. The van der Waals surface area contributed by atoms with Crippen molar-refractivity contribution >= 4 is 28.1 Å². The van der Waals surface area contributed by atoms with Crippen molar-refractivity contribution in [3.8, 4) is 11.4 Å². The molecule has 0 aliphatic carbocycles. The van der Waals surface area contributed by atoms with E-state index in [1.54, 1.807) is 12.4 Å². The van der Waals surface area contributed by atoms with Crippen LogP contribution in [0, 0.1) is 0 Å². The molecule has 4 aromatic rings. The van der Waals surface area contributed by atoms with Crippen molar-refractivity contribution in [1.82, 2.24) is 15.0 Å². The highest BCUT2D eigenvalue weighted by Gasteiger charge is 2.09. The highest BCUT2D eigenvalue weighted by Crippen LogP contribution is 2.27. The van der Waals surface area contributed by atoms with Crippen LogP contribution in [0.2, 0.25) is 0 Å². The number of rotatable bonds is 4. The smallest absolute Gasteiger partial charge is 0.162 e. The fourth-order valence-corrected chi connectivity index (χ4v) is 2.78. The Balaban J connectivity index is 1.78. The van der Waals surface area contributed by atoms with Gasteiger partial charge in [0.2, 0.25) is 0 Å². The van der Waals surface area contributed by atoms with E-state index in [1.165, 1.54) is 0 Å². The lowest BCUT2D eigenvalue weighted by Crippen LogP contribution is -2.08. The minimum Gasteiger partial charge on any atom is -0.378 e. The second-order valence-electron chi connectivity index (χ2n) is 6.22. The van der Waals surface area contributed by atoms with Crippen LogP contribution < -0.4 is 10.2 Å². The molecule has 2 aromatic heterocycles. The maximum absolute atomic E-state index is 4.76. The summed E-state index contributed by atoms with van der Waals surface area (Å²) in [6, 6.07) is 20.1. The summed E-state index contributed by atoms with van der Waals surface area (Å²) in [4.78, 5) is 15.6. The summed E-state index contributed by atoms with van der Waals surface area (Å²) in [5.74, 6) is 1.47. The number of hydrogen-bond donors (Lipinski definition) is 1. The van der Waals surface area contributed by atoms with Gasteiger partial charge in [0.1, 0.15) is 5.82 Å². The molecule has 2 heterocycles. The van der Waals surface area contributed by atoms with E-state index in [0.29, 0.717) is 5.82 Å². The standard InChI is InChI=1S/C21H19N5/c1-26(2)17-9-7-16(8-10-17)23-21-18-5-3-4-6-19(18)24-20(25-21)15-11-13-22-14-12-15/h3-14H,1-2H3,(H,23,24,25). The molecule has 0 bridgehead atoms. The molecule has 0 atom stereocenters. The first kappa shape index (κ1) is 16.0. The number of anilines is 3. The van der Waals surface area contributed by atoms with Gasteiger partial charge < -0.3 is 10.2 Å². The van der Waals surface area contributed by atoms with Gasteiger partial charge in [-0.3, -0.25) is 4.98 Å². The molecule has 4 rings (SSSR count). The van der Waals surface area contributed by atoms with E-state index < -0.39 is 0 Å². The normalized spacial score (nSPS) is 10.7. The van der Waals surface area contributed by atoms with Crippen molar-refractivity contribution in [2.24, 2.45) is 0 Å². The SMILES string of the molecule is CN(C)c1ccc(Nc2nc(-c3ccncc3)nc3ccccc23)cc1. The van der Waals surface area contributed by atoms with E-state index in [4.69, 9.17) is 9.97 Å². The number of fused-ring (bicyclic) bond motifs is 1. The lowest BCUT2D eigenvalue weighted by atomic mass is 10.2. The first-order valence-corrected chi connectivity index (χ1v) is 8.42. The predicted molar refractivity (Wildman–Crippen MR) is 107 cm³/mol. The first-order valence-electron chi connectivity index (χ1n) is 8.42. The lowest BCUT2D eigenvalue weighted by molar-refractivity contribution is 1.13. The Morgan fingerprint density at radius 2 is 1.54 bits per heavy atom. The maximum Gasteiger partial charge on any atom is 0.162 e. The van der Waals surface area contributed by atoms with Crippen LogP contribution >= 0.6 is 0 Å². The zero-order chi connectivity index (χ0) is 17.9. The Morgan fingerprint density at radius 3 is 2.27 bits per heavy atom. The van der Waals surface area contributed by atoms with Crippen molar-refractivity contribution in [3.05, 3.63) is 73.1 Å². The van der Waals surface area contributed by atoms with Gasteiger partial charge in [0, 0.05) is 48.8 Å². The molecule has 0 aliphatic heterocycles. The summed E-state index contributed by atoms with van der Waals surface area (Å²) in [6.45, 7) is 0. The lowest BCUT2D eigenvalue weighted by Gasteiger charge is -2.14. The molecule has 5 heteroatoms. The number of pyridine rings is 1. The summed E-state index contributed by atoms with van der Waals surface area (Å²) < 4.78 is 0. The first-order chi connectivity index (χ1) is 12.7. The molecule has 0 spiro atoms. The van der Waals surface area contributed by atoms with Crippen molar-refractivity contribution < 1.29 is 0 Å². The van der Waals surface area contributed by atoms with Gasteiger partial charge >= 0.3 is 0 Å². The molecule has 26 heavy (non-hydrogen) atoms. The minimum atomic E-state index is 0.679. The highest BCUT2D eigenvalue weighted by molar-refractivity contribution is 5.92. The zero-order valence-corrected chi connectivity index (χ0v) is 14.7. The van der Waals surface area contributed by atoms with Gasteiger partial charge in [-0.25, -0.2) is 9.97 Å². The van der Waals surface area contributed by atoms with E-state index in [9.17, 15) is 0 Å². The van der Waals surface area contributed by atoms with Crippen molar-refractivity contribution in [1.29, 1.82) is 0 Å². The van der Waals surface area contributed by atoms with Crippen LogP contribution in [0.25, 0.3) is 22.3 Å². The average molecular weight is 341 g/mol. The molecule has 5 nitrogen and oxygen atoms in total. The van der Waals surface area contributed by atoms with E-state index >= 15 is 0 Å². The number of aromatic nitrogens is 3. The molecule has 1 N–H and O–H groups in total. The van der Waals surface area contributed by atoms with Crippen LogP contribution in [0.4, 0.5) is 17.2 Å². The minimum absolute atomic E-state index is 0.679. The van der Waals surface area contributed by atoms with Crippen LogP contribution in [0.3, 0.4) is 0 Å². The second kappa shape index (κ2) is 6.80. The number of nitrogens with zero attached hydrogens (tertiary/aromatic N) is 4. The number of hydrogen-bond acceptors (Lipinski definition) is 5. The fraction of sp³-hybridized carbons (Fsp3) is 0.0952. The third kappa shape index (κ3) is 3.19.